The van der Waals surface area contributed by atoms with E-state index in [0.717, 1.165) is 10.6 Å². The number of carbonyl (C=O) groups is 1. The zero-order valence-electron chi connectivity index (χ0n) is 15.3. The molecule has 0 saturated heterocycles. The molecule has 0 aliphatic heterocycles. The maximum absolute atomic E-state index is 12.6. The normalized spacial score (nSPS) is 10.7. The second-order valence-electron chi connectivity index (χ2n) is 5.90. The highest BCUT2D eigenvalue weighted by Gasteiger charge is 2.14. The monoisotopic (exact) mass is 383 g/mol. The minimum Gasteiger partial charge on any atom is -0.497 e. The molecule has 0 saturated carbocycles. The number of para-hydroxylation sites is 1. The van der Waals surface area contributed by atoms with Crippen LogP contribution in [0.15, 0.2) is 58.2 Å². The zero-order chi connectivity index (χ0) is 19.2. The summed E-state index contributed by atoms with van der Waals surface area (Å²) in [5.41, 5.74) is 0.444. The smallest absolute Gasteiger partial charge is 0.258 e. The molecule has 0 fully saturated rings. The summed E-state index contributed by atoms with van der Waals surface area (Å²) < 4.78 is 5.14. The number of methoxy groups -OCH3 is 1. The molecule has 3 rings (SSSR count). The third kappa shape index (κ3) is 4.68. The molecular formula is C20H21N3O3S. The van der Waals surface area contributed by atoms with Crippen molar-refractivity contribution in [3.05, 3.63) is 64.7 Å². The number of H-pyrrole nitrogens is 1. The standard InChI is InChI=1S/C20H21N3O3S/c1-3-23(19(24)13-27-15-10-8-14(26-2)9-11-15)12-18-21-17-7-5-4-6-16(17)20(25)22-18/h4-11H,3,12-13H2,1-2H3,(H,21,22,25). The van der Waals surface area contributed by atoms with Crippen LogP contribution in [0.25, 0.3) is 10.9 Å². The number of aromatic nitrogens is 2. The van der Waals surface area contributed by atoms with Crippen LogP contribution in [-0.2, 0) is 11.3 Å². The van der Waals surface area contributed by atoms with Crippen LogP contribution in [0.4, 0.5) is 0 Å². The molecule has 6 nitrogen and oxygen atoms in total. The van der Waals surface area contributed by atoms with Gasteiger partial charge in [-0.25, -0.2) is 4.98 Å². The number of hydrogen-bond donors (Lipinski definition) is 1. The van der Waals surface area contributed by atoms with Crippen LogP contribution < -0.4 is 10.3 Å². The summed E-state index contributed by atoms with van der Waals surface area (Å²) >= 11 is 1.47. The highest BCUT2D eigenvalue weighted by molar-refractivity contribution is 8.00. The first-order valence-electron chi connectivity index (χ1n) is 8.63. The highest BCUT2D eigenvalue weighted by atomic mass is 32.2. The van der Waals surface area contributed by atoms with Crippen molar-refractivity contribution in [3.63, 3.8) is 0 Å². The predicted molar refractivity (Wildman–Crippen MR) is 107 cm³/mol. The van der Waals surface area contributed by atoms with Gasteiger partial charge in [-0.3, -0.25) is 9.59 Å². The molecule has 0 atom stereocenters. The summed E-state index contributed by atoms with van der Waals surface area (Å²) in [4.78, 5) is 34.7. The lowest BCUT2D eigenvalue weighted by atomic mass is 10.2. The van der Waals surface area contributed by atoms with Gasteiger partial charge in [0.15, 0.2) is 0 Å². The Kier molecular flexibility index (Phi) is 6.13. The molecule has 0 unspecified atom stereocenters. The molecule has 140 valence electrons. The highest BCUT2D eigenvalue weighted by Crippen LogP contribution is 2.21. The van der Waals surface area contributed by atoms with Crippen molar-refractivity contribution in [2.45, 2.75) is 18.4 Å². The van der Waals surface area contributed by atoms with Gasteiger partial charge in [0.05, 0.1) is 30.3 Å². The number of fused-ring (bicyclic) bond motifs is 1. The van der Waals surface area contributed by atoms with Crippen LogP contribution in [0.3, 0.4) is 0 Å². The molecule has 1 N–H and O–H groups in total. The summed E-state index contributed by atoms with van der Waals surface area (Å²) in [5, 5.41) is 0.547. The first-order chi connectivity index (χ1) is 13.1. The Morgan fingerprint density at radius 2 is 1.93 bits per heavy atom. The van der Waals surface area contributed by atoms with Gasteiger partial charge in [-0.1, -0.05) is 12.1 Å². The average Bonchev–Trinajstić information content (AvgIpc) is 2.70. The number of nitrogens with one attached hydrogen (secondary N) is 1. The predicted octanol–water partition coefficient (Wildman–Crippen LogP) is 3.07. The third-order valence-corrected chi connectivity index (χ3v) is 5.16. The van der Waals surface area contributed by atoms with E-state index in [1.807, 2.05) is 37.3 Å². The van der Waals surface area contributed by atoms with Crippen molar-refractivity contribution < 1.29 is 9.53 Å². The lowest BCUT2D eigenvalue weighted by Crippen LogP contribution is -2.33. The fourth-order valence-electron chi connectivity index (χ4n) is 2.68. The molecule has 7 heteroatoms. The number of aromatic amines is 1. The summed E-state index contributed by atoms with van der Waals surface area (Å²) in [6.45, 7) is 2.73. The SMILES string of the molecule is CCN(Cc1nc2ccccc2c(=O)[nH]1)C(=O)CSc1ccc(OC)cc1. The van der Waals surface area contributed by atoms with Crippen LogP contribution >= 0.6 is 11.8 Å². The largest absolute Gasteiger partial charge is 0.497 e. The Balaban J connectivity index is 1.67. The van der Waals surface area contributed by atoms with Gasteiger partial charge >= 0.3 is 0 Å². The molecule has 27 heavy (non-hydrogen) atoms. The van der Waals surface area contributed by atoms with Gasteiger partial charge in [-0.2, -0.15) is 0 Å². The number of ether oxygens (including phenoxy) is 1. The molecule has 1 aromatic heterocycles. The lowest BCUT2D eigenvalue weighted by Gasteiger charge is -2.20. The van der Waals surface area contributed by atoms with Gasteiger partial charge in [0.2, 0.25) is 5.91 Å². The number of benzene rings is 2. The van der Waals surface area contributed by atoms with E-state index in [1.54, 1.807) is 30.2 Å². The number of carbonyl (C=O) groups excluding carboxylic acids is 1. The fraction of sp³-hybridized carbons (Fsp3) is 0.250. The number of thioether (sulfide) groups is 1. The van der Waals surface area contributed by atoms with Gasteiger partial charge in [-0.05, 0) is 43.3 Å². The quantitative estimate of drug-likeness (QED) is 0.635. The molecule has 0 bridgehead atoms. The number of rotatable bonds is 7. The molecule has 3 aromatic rings. The maximum atomic E-state index is 12.6. The van der Waals surface area contributed by atoms with Crippen molar-refractivity contribution in [1.82, 2.24) is 14.9 Å². The van der Waals surface area contributed by atoms with Crippen molar-refractivity contribution in [2.24, 2.45) is 0 Å². The third-order valence-electron chi connectivity index (χ3n) is 4.16. The molecule has 0 aliphatic carbocycles. The van der Waals surface area contributed by atoms with Crippen LogP contribution in [0.2, 0.25) is 0 Å². The average molecular weight is 383 g/mol. The van der Waals surface area contributed by atoms with Crippen LogP contribution in [0.1, 0.15) is 12.7 Å². The number of nitrogens with zero attached hydrogens (tertiary/aromatic N) is 2. The van der Waals surface area contributed by atoms with E-state index < -0.39 is 0 Å². The van der Waals surface area contributed by atoms with Gasteiger partial charge in [-0.15, -0.1) is 11.8 Å². The summed E-state index contributed by atoms with van der Waals surface area (Å²) in [6, 6.07) is 14.8. The summed E-state index contributed by atoms with van der Waals surface area (Å²) in [6.07, 6.45) is 0. The van der Waals surface area contributed by atoms with E-state index in [0.29, 0.717) is 29.0 Å². The molecule has 1 amide bonds. The van der Waals surface area contributed by atoms with Crippen LogP contribution in [-0.4, -0.2) is 40.2 Å². The van der Waals surface area contributed by atoms with Crippen molar-refractivity contribution in [1.29, 1.82) is 0 Å². The van der Waals surface area contributed by atoms with Gasteiger partial charge in [0.25, 0.3) is 5.56 Å². The molecule has 0 aliphatic rings. The van der Waals surface area contributed by atoms with Gasteiger partial charge in [0.1, 0.15) is 11.6 Å². The van der Waals surface area contributed by atoms with Crippen molar-refractivity contribution >= 4 is 28.6 Å². The first-order valence-corrected chi connectivity index (χ1v) is 9.62. The van der Waals surface area contributed by atoms with Crippen molar-refractivity contribution in [3.8, 4) is 5.75 Å². The maximum Gasteiger partial charge on any atom is 0.258 e. The molecule has 0 radical (unpaired) electrons. The van der Waals surface area contributed by atoms with Gasteiger partial charge < -0.3 is 14.6 Å². The van der Waals surface area contributed by atoms with E-state index in [4.69, 9.17) is 4.74 Å². The number of hydrogen-bond acceptors (Lipinski definition) is 5. The second kappa shape index (κ2) is 8.73. The summed E-state index contributed by atoms with van der Waals surface area (Å²) in [5.74, 6) is 1.59. The van der Waals surface area contributed by atoms with Crippen LogP contribution in [0.5, 0.6) is 5.75 Å². The van der Waals surface area contributed by atoms with E-state index in [9.17, 15) is 9.59 Å². The summed E-state index contributed by atoms with van der Waals surface area (Å²) in [7, 11) is 1.62. The second-order valence-corrected chi connectivity index (χ2v) is 6.95. The van der Waals surface area contributed by atoms with E-state index in [2.05, 4.69) is 9.97 Å². The minimum atomic E-state index is -0.188. The lowest BCUT2D eigenvalue weighted by molar-refractivity contribution is -0.128. The molecular weight excluding hydrogens is 362 g/mol. The topological polar surface area (TPSA) is 75.3 Å². The molecule has 1 heterocycles. The van der Waals surface area contributed by atoms with Crippen LogP contribution in [0, 0.1) is 0 Å². The molecule has 2 aromatic carbocycles. The fourth-order valence-corrected chi connectivity index (χ4v) is 3.48. The Morgan fingerprint density at radius 3 is 2.63 bits per heavy atom. The Morgan fingerprint density at radius 1 is 1.19 bits per heavy atom. The Bertz CT molecular complexity index is 986. The van der Waals surface area contributed by atoms with Gasteiger partial charge in [0, 0.05) is 11.4 Å². The van der Waals surface area contributed by atoms with Crippen molar-refractivity contribution in [2.75, 3.05) is 19.4 Å². The number of amides is 1. The first kappa shape index (κ1) is 19.0. The van der Waals surface area contributed by atoms with E-state index in [-0.39, 0.29) is 18.0 Å². The zero-order valence-corrected chi connectivity index (χ0v) is 16.1. The van der Waals surface area contributed by atoms with E-state index in [1.165, 1.54) is 11.8 Å². The molecule has 0 spiro atoms. The Hall–Kier alpha value is -2.80. The Labute approximate surface area is 161 Å². The minimum absolute atomic E-state index is 0.00544. The van der Waals surface area contributed by atoms with E-state index >= 15 is 0 Å².